The largest absolute Gasteiger partial charge is 0.489 e. The van der Waals surface area contributed by atoms with Gasteiger partial charge in [0, 0.05) is 25.4 Å². The number of ether oxygens (including phenoxy) is 1. The Bertz CT molecular complexity index is 1150. The molecule has 0 spiro atoms. The van der Waals surface area contributed by atoms with Gasteiger partial charge in [-0.1, -0.05) is 53.7 Å². The highest BCUT2D eigenvalue weighted by atomic mass is 32.2. The van der Waals surface area contributed by atoms with E-state index in [1.54, 1.807) is 15.9 Å². The van der Waals surface area contributed by atoms with Gasteiger partial charge >= 0.3 is 0 Å². The first-order valence-electron chi connectivity index (χ1n) is 11.8. The number of sulfonamides is 1. The van der Waals surface area contributed by atoms with Crippen LogP contribution in [-0.2, 0) is 17.1 Å². The van der Waals surface area contributed by atoms with Gasteiger partial charge in [0.1, 0.15) is 11.9 Å². The van der Waals surface area contributed by atoms with Crippen LogP contribution in [-0.4, -0.2) is 36.5 Å². The molecular formula is C26H38N2O4S. The van der Waals surface area contributed by atoms with Crippen molar-refractivity contribution in [3.8, 4) is 5.75 Å². The second kappa shape index (κ2) is 9.63. The molecule has 1 unspecified atom stereocenters. The topological polar surface area (TPSA) is 68.6 Å². The zero-order valence-electron chi connectivity index (χ0n) is 21.2. The third-order valence-electron chi connectivity index (χ3n) is 6.56. The smallest absolute Gasteiger partial charge is 0.254 e. The Morgan fingerprint density at radius 1 is 0.939 bits per heavy atom. The fourth-order valence-corrected chi connectivity index (χ4v) is 6.48. The van der Waals surface area contributed by atoms with Crippen LogP contribution < -0.4 is 10.3 Å². The Hall–Kier alpha value is -2.12. The molecule has 1 fully saturated rings. The van der Waals surface area contributed by atoms with Gasteiger partial charge in [0.25, 0.3) is 5.56 Å². The van der Waals surface area contributed by atoms with Crippen molar-refractivity contribution < 1.29 is 13.2 Å². The fourth-order valence-electron chi connectivity index (χ4n) is 4.33. The summed E-state index contributed by atoms with van der Waals surface area (Å²) in [5, 5.41) is 0. The molecule has 3 rings (SSSR count). The summed E-state index contributed by atoms with van der Waals surface area (Å²) in [7, 11) is -1.98. The van der Waals surface area contributed by atoms with E-state index >= 15 is 0 Å². The molecule has 182 valence electrons. The van der Waals surface area contributed by atoms with E-state index in [1.165, 1.54) is 11.6 Å². The van der Waals surface area contributed by atoms with Gasteiger partial charge in [-0.05, 0) is 53.9 Å². The summed E-state index contributed by atoms with van der Waals surface area (Å²) in [6.45, 7) is 15.0. The number of aryl methyl sites for hydroxylation is 1. The molecule has 2 heterocycles. The molecule has 0 saturated carbocycles. The third-order valence-corrected chi connectivity index (χ3v) is 8.56. The molecule has 7 heteroatoms. The quantitative estimate of drug-likeness (QED) is 0.572. The van der Waals surface area contributed by atoms with Crippen molar-refractivity contribution in [2.75, 3.05) is 13.1 Å². The van der Waals surface area contributed by atoms with Crippen molar-refractivity contribution >= 4 is 10.0 Å². The molecule has 1 aromatic carbocycles. The molecule has 2 aromatic rings. The molecule has 33 heavy (non-hydrogen) atoms. The predicted molar refractivity (Wildman–Crippen MR) is 133 cm³/mol. The lowest BCUT2D eigenvalue weighted by atomic mass is 9.89. The van der Waals surface area contributed by atoms with Gasteiger partial charge < -0.3 is 9.30 Å². The van der Waals surface area contributed by atoms with Crippen molar-refractivity contribution in [3.05, 3.63) is 57.0 Å². The van der Waals surface area contributed by atoms with Crippen LogP contribution in [0.2, 0.25) is 0 Å². The maximum absolute atomic E-state index is 13.9. The summed E-state index contributed by atoms with van der Waals surface area (Å²) in [5.41, 5.74) is 3.60. The van der Waals surface area contributed by atoms with Crippen LogP contribution >= 0.6 is 0 Å². The molecule has 1 aliphatic heterocycles. The molecule has 1 saturated heterocycles. The first-order chi connectivity index (χ1) is 15.3. The van der Waals surface area contributed by atoms with Crippen molar-refractivity contribution in [2.45, 2.75) is 83.6 Å². The summed E-state index contributed by atoms with van der Waals surface area (Å²) < 4.78 is 37.0. The van der Waals surface area contributed by atoms with E-state index < -0.39 is 10.0 Å². The van der Waals surface area contributed by atoms with Crippen molar-refractivity contribution in [2.24, 2.45) is 7.05 Å². The number of pyridine rings is 1. The number of aromatic nitrogens is 1. The number of nitrogens with zero attached hydrogens (tertiary/aromatic N) is 2. The number of hydrogen-bond acceptors (Lipinski definition) is 4. The Morgan fingerprint density at radius 3 is 2.00 bits per heavy atom. The summed E-state index contributed by atoms with van der Waals surface area (Å²) in [5.74, 6) is 0.989. The first kappa shape index (κ1) is 25.5. The van der Waals surface area contributed by atoms with Gasteiger partial charge in [-0.15, -0.1) is 0 Å². The number of hydrogen-bond donors (Lipinski definition) is 0. The van der Waals surface area contributed by atoms with E-state index in [-0.39, 0.29) is 30.0 Å². The maximum Gasteiger partial charge on any atom is 0.254 e. The molecule has 6 nitrogen and oxygen atoms in total. The van der Waals surface area contributed by atoms with Gasteiger partial charge in [-0.3, -0.25) is 4.79 Å². The van der Waals surface area contributed by atoms with Crippen LogP contribution in [0.1, 0.15) is 88.1 Å². The Balaban J connectivity index is 1.95. The van der Waals surface area contributed by atoms with Crippen molar-refractivity contribution in [1.29, 1.82) is 0 Å². The van der Waals surface area contributed by atoms with Gasteiger partial charge in [0.15, 0.2) is 0 Å². The fraction of sp³-hybridized carbons (Fsp3) is 0.577. The molecule has 0 N–H and O–H groups in total. The lowest BCUT2D eigenvalue weighted by molar-refractivity contribution is 0.214. The van der Waals surface area contributed by atoms with Gasteiger partial charge in [-0.2, -0.15) is 4.31 Å². The summed E-state index contributed by atoms with van der Waals surface area (Å²) >= 11 is 0. The molecule has 1 aliphatic rings. The molecule has 0 amide bonds. The summed E-state index contributed by atoms with van der Waals surface area (Å²) in [4.78, 5) is 12.6. The molecule has 0 radical (unpaired) electrons. The van der Waals surface area contributed by atoms with Crippen LogP contribution in [0.3, 0.4) is 0 Å². The minimum absolute atomic E-state index is 0.0872. The number of benzene rings is 1. The van der Waals surface area contributed by atoms with E-state index in [2.05, 4.69) is 53.7 Å². The van der Waals surface area contributed by atoms with E-state index in [1.807, 2.05) is 13.0 Å². The lowest BCUT2D eigenvalue weighted by Gasteiger charge is -2.26. The van der Waals surface area contributed by atoms with Crippen LogP contribution in [0.5, 0.6) is 5.75 Å². The monoisotopic (exact) mass is 474 g/mol. The third kappa shape index (κ3) is 5.19. The van der Waals surface area contributed by atoms with Crippen LogP contribution in [0.15, 0.2) is 34.0 Å². The minimum Gasteiger partial charge on any atom is -0.489 e. The lowest BCUT2D eigenvalue weighted by Crippen LogP contribution is -2.33. The highest BCUT2D eigenvalue weighted by Crippen LogP contribution is 2.37. The second-order valence-corrected chi connectivity index (χ2v) is 12.0. The van der Waals surface area contributed by atoms with Crippen molar-refractivity contribution in [3.63, 3.8) is 0 Å². The zero-order chi connectivity index (χ0) is 24.7. The standard InChI is InChI=1S/C26H38N2O4S/c1-16(2)20-12-23(17(3)4)26(24(13-20)18(5)6)33(30,31)28-10-9-21(15-28)32-22-11-19(7)27(8)25(29)14-22/h11-14,16-18,21H,9-10,15H2,1-8H3. The summed E-state index contributed by atoms with van der Waals surface area (Å²) in [6, 6.07) is 7.42. The maximum atomic E-state index is 13.9. The molecule has 0 aliphatic carbocycles. The Morgan fingerprint density at radius 2 is 1.52 bits per heavy atom. The average molecular weight is 475 g/mol. The predicted octanol–water partition coefficient (Wildman–Crippen LogP) is 4.91. The van der Waals surface area contributed by atoms with Crippen molar-refractivity contribution in [1.82, 2.24) is 8.87 Å². The minimum atomic E-state index is -3.69. The zero-order valence-corrected chi connectivity index (χ0v) is 22.0. The highest BCUT2D eigenvalue weighted by molar-refractivity contribution is 7.89. The van der Waals surface area contributed by atoms with Gasteiger partial charge in [0.05, 0.1) is 11.4 Å². The Kier molecular flexibility index (Phi) is 7.44. The second-order valence-electron chi connectivity index (χ2n) is 10.1. The molecule has 0 bridgehead atoms. The summed E-state index contributed by atoms with van der Waals surface area (Å²) in [6.07, 6.45) is 0.303. The van der Waals surface area contributed by atoms with E-state index in [0.717, 1.165) is 16.8 Å². The van der Waals surface area contributed by atoms with Gasteiger partial charge in [-0.25, -0.2) is 8.42 Å². The normalized spacial score (nSPS) is 17.5. The van der Waals surface area contributed by atoms with E-state index in [0.29, 0.717) is 29.5 Å². The first-order valence-corrected chi connectivity index (χ1v) is 13.3. The van der Waals surface area contributed by atoms with Crippen LogP contribution in [0.25, 0.3) is 0 Å². The van der Waals surface area contributed by atoms with Crippen LogP contribution in [0, 0.1) is 6.92 Å². The van der Waals surface area contributed by atoms with E-state index in [9.17, 15) is 13.2 Å². The number of rotatable bonds is 7. The highest BCUT2D eigenvalue weighted by Gasteiger charge is 2.37. The molecule has 1 aromatic heterocycles. The van der Waals surface area contributed by atoms with Gasteiger partial charge in [0.2, 0.25) is 10.0 Å². The SMILES string of the molecule is Cc1cc(OC2CCN(S(=O)(=O)c3c(C(C)C)cc(C(C)C)cc3C(C)C)C2)cc(=O)n1C. The van der Waals surface area contributed by atoms with E-state index in [4.69, 9.17) is 4.74 Å². The molecular weight excluding hydrogens is 436 g/mol. The molecule has 1 atom stereocenters. The average Bonchev–Trinajstić information content (AvgIpc) is 3.20. The Labute approximate surface area is 198 Å². The van der Waals surface area contributed by atoms with Crippen LogP contribution in [0.4, 0.5) is 0 Å².